The predicted octanol–water partition coefficient (Wildman–Crippen LogP) is 5.41. The molecule has 0 bridgehead atoms. The van der Waals surface area contributed by atoms with Gasteiger partial charge in [0, 0.05) is 7.05 Å². The minimum absolute atomic E-state index is 0.0843. The maximum absolute atomic E-state index is 13.7. The van der Waals surface area contributed by atoms with Crippen LogP contribution in [0, 0.1) is 0 Å². The Balaban J connectivity index is 1.77. The highest BCUT2D eigenvalue weighted by Gasteiger charge is 2.26. The second kappa shape index (κ2) is 8.43. The summed E-state index contributed by atoms with van der Waals surface area (Å²) in [5.41, 5.74) is 1.52. The van der Waals surface area contributed by atoms with Crippen molar-refractivity contribution in [3.8, 4) is 0 Å². The number of rotatable bonds is 4. The number of hydrogen-bond donors (Lipinski definition) is 0. The molecule has 3 aromatic carbocycles. The van der Waals surface area contributed by atoms with Crippen LogP contribution in [-0.2, 0) is 7.05 Å². The Bertz CT molecular complexity index is 1360. The second-order valence-electron chi connectivity index (χ2n) is 8.50. The Morgan fingerprint density at radius 3 is 2.13 bits per heavy atom. The fraction of sp³-hybridized carbons (Fsp3) is 0.308. The van der Waals surface area contributed by atoms with Crippen molar-refractivity contribution >= 4 is 30.1 Å². The number of benzene rings is 3. The lowest BCUT2D eigenvalue weighted by atomic mass is 10.0. The molecule has 0 N–H and O–H groups in total. The summed E-state index contributed by atoms with van der Waals surface area (Å²) >= 11 is 0. The highest BCUT2D eigenvalue weighted by atomic mass is 31.1. The monoisotopic (exact) mass is 430 g/mol. The van der Waals surface area contributed by atoms with E-state index in [1.807, 2.05) is 18.2 Å². The fourth-order valence-electron chi connectivity index (χ4n) is 4.95. The van der Waals surface area contributed by atoms with E-state index in [-0.39, 0.29) is 16.9 Å². The second-order valence-corrected chi connectivity index (χ2v) is 10.2. The van der Waals surface area contributed by atoms with E-state index < -0.39 is 0 Å². The van der Waals surface area contributed by atoms with Crippen LogP contribution < -0.4 is 11.1 Å². The molecule has 1 saturated carbocycles. The molecule has 158 valence electrons. The van der Waals surface area contributed by atoms with Crippen molar-refractivity contribution in [2.24, 2.45) is 7.05 Å². The van der Waals surface area contributed by atoms with E-state index in [2.05, 4.69) is 36.4 Å². The molecule has 5 rings (SSSR count). The molecule has 0 spiro atoms. The van der Waals surface area contributed by atoms with Crippen LogP contribution in [0.4, 0.5) is 0 Å². The zero-order valence-electron chi connectivity index (χ0n) is 17.8. The normalized spacial score (nSPS) is 16.4. The lowest BCUT2D eigenvalue weighted by Gasteiger charge is -2.30. The van der Waals surface area contributed by atoms with E-state index in [1.54, 1.807) is 28.5 Å². The topological polar surface area (TPSA) is 44.0 Å². The van der Waals surface area contributed by atoms with E-state index >= 15 is 0 Å². The van der Waals surface area contributed by atoms with Gasteiger partial charge in [-0.1, -0.05) is 82.4 Å². The molecule has 4 aromatic rings. The average molecular weight is 430 g/mol. The summed E-state index contributed by atoms with van der Waals surface area (Å²) in [5.74, 6) is -0.149. The van der Waals surface area contributed by atoms with Gasteiger partial charge in [-0.3, -0.25) is 9.59 Å². The van der Waals surface area contributed by atoms with Crippen LogP contribution in [0.1, 0.15) is 43.5 Å². The molecule has 1 heterocycles. The van der Waals surface area contributed by atoms with Gasteiger partial charge in [-0.2, -0.15) is 0 Å². The lowest BCUT2D eigenvalue weighted by molar-refractivity contribution is 0.479. The van der Waals surface area contributed by atoms with Crippen molar-refractivity contribution in [2.45, 2.75) is 43.5 Å². The van der Waals surface area contributed by atoms with Gasteiger partial charge in [-0.05, 0) is 47.0 Å². The minimum atomic E-state index is -0.149. The minimum Gasteiger partial charge on any atom is -0.267 e. The molecule has 0 saturated heterocycles. The Morgan fingerprint density at radius 2 is 1.39 bits per heavy atom. The highest BCUT2D eigenvalue weighted by molar-refractivity contribution is 7.39. The van der Waals surface area contributed by atoms with Gasteiger partial charge >= 0.3 is 0 Å². The van der Waals surface area contributed by atoms with E-state index in [1.165, 1.54) is 32.1 Å². The van der Waals surface area contributed by atoms with Crippen molar-refractivity contribution < 1.29 is 0 Å². The van der Waals surface area contributed by atoms with Crippen molar-refractivity contribution in [1.29, 1.82) is 0 Å². The molecule has 4 nitrogen and oxygen atoms in total. The molecule has 1 aromatic heterocycles. The first-order valence-electron chi connectivity index (χ1n) is 11.1. The lowest BCUT2D eigenvalue weighted by Crippen LogP contribution is -2.39. The molecule has 2 atom stereocenters. The van der Waals surface area contributed by atoms with Gasteiger partial charge in [0.05, 0.1) is 16.6 Å². The quantitative estimate of drug-likeness (QED) is 0.406. The molecule has 5 heteroatoms. The highest BCUT2D eigenvalue weighted by Crippen LogP contribution is 2.45. The Kier molecular flexibility index (Phi) is 5.50. The van der Waals surface area contributed by atoms with E-state index in [0.29, 0.717) is 25.0 Å². The first kappa shape index (κ1) is 20.2. The molecule has 1 fully saturated rings. The summed E-state index contributed by atoms with van der Waals surface area (Å²) < 4.78 is 3.28. The van der Waals surface area contributed by atoms with Gasteiger partial charge in [0.1, 0.15) is 0 Å². The van der Waals surface area contributed by atoms with Gasteiger partial charge in [-0.15, -0.1) is 0 Å². The van der Waals surface area contributed by atoms with Gasteiger partial charge in [-0.25, -0.2) is 9.36 Å². The maximum atomic E-state index is 13.7. The third kappa shape index (κ3) is 3.64. The molecule has 0 radical (unpaired) electrons. The summed E-state index contributed by atoms with van der Waals surface area (Å²) in [4.78, 5) is 26.9. The summed E-state index contributed by atoms with van der Waals surface area (Å²) in [5, 5.41) is 3.32. The maximum Gasteiger partial charge on any atom is 0.274 e. The van der Waals surface area contributed by atoms with Gasteiger partial charge in [0.2, 0.25) is 0 Å². The van der Waals surface area contributed by atoms with Crippen molar-refractivity contribution in [1.82, 2.24) is 9.36 Å². The van der Waals surface area contributed by atoms with Gasteiger partial charge < -0.3 is 0 Å². The molecule has 0 amide bonds. The first-order chi connectivity index (χ1) is 15.1. The van der Waals surface area contributed by atoms with Crippen LogP contribution in [0.3, 0.4) is 0 Å². The molecule has 1 aliphatic rings. The van der Waals surface area contributed by atoms with Crippen LogP contribution in [0.2, 0.25) is 0 Å². The molecule has 0 aliphatic heterocycles. The largest absolute Gasteiger partial charge is 0.274 e. The molecule has 1 unspecified atom stereocenters. The van der Waals surface area contributed by atoms with Crippen molar-refractivity contribution in [3.05, 3.63) is 93.0 Å². The van der Waals surface area contributed by atoms with Crippen LogP contribution in [0.15, 0.2) is 76.3 Å². The van der Waals surface area contributed by atoms with Gasteiger partial charge in [0.15, 0.2) is 0 Å². The number of hydrogen-bond acceptors (Lipinski definition) is 2. The smallest absolute Gasteiger partial charge is 0.267 e. The summed E-state index contributed by atoms with van der Waals surface area (Å²) in [6.07, 6.45) is 6.22. The standard InChI is InChI=1S/C26H27N2O2P/c1-27-24(29)21-15-7-8-16-22(21)25(30)28(27)26(31-19-12-3-2-4-13-19)23-17-9-11-18-10-5-6-14-20(18)23/h5-11,14-17,19,26,31H,2-4,12-13H2,1H3/t26-/m1/s1. The summed E-state index contributed by atoms with van der Waals surface area (Å²) in [6.45, 7) is 0. The SMILES string of the molecule is Cn1c(=O)c2ccccc2c(=O)n1[C@H](PC1CCCCC1)c1cccc2ccccc12. The number of fused-ring (bicyclic) bond motifs is 2. The third-order valence-electron chi connectivity index (χ3n) is 6.57. The zero-order valence-corrected chi connectivity index (χ0v) is 18.8. The van der Waals surface area contributed by atoms with Crippen LogP contribution >= 0.6 is 8.58 Å². The average Bonchev–Trinajstić information content (AvgIpc) is 2.82. The van der Waals surface area contributed by atoms with Crippen LogP contribution in [0.25, 0.3) is 21.5 Å². The Hall–Kier alpha value is -2.71. The van der Waals surface area contributed by atoms with Gasteiger partial charge in [0.25, 0.3) is 11.1 Å². The number of aromatic nitrogens is 2. The summed E-state index contributed by atoms with van der Waals surface area (Å²) in [7, 11) is 2.29. The molecule has 1 aliphatic carbocycles. The zero-order chi connectivity index (χ0) is 21.4. The van der Waals surface area contributed by atoms with Crippen molar-refractivity contribution in [3.63, 3.8) is 0 Å². The van der Waals surface area contributed by atoms with E-state index in [0.717, 1.165) is 16.3 Å². The Morgan fingerprint density at radius 1 is 0.774 bits per heavy atom. The molecule has 31 heavy (non-hydrogen) atoms. The van der Waals surface area contributed by atoms with Crippen LogP contribution in [-0.4, -0.2) is 15.0 Å². The van der Waals surface area contributed by atoms with E-state index in [4.69, 9.17) is 0 Å². The van der Waals surface area contributed by atoms with Crippen molar-refractivity contribution in [2.75, 3.05) is 0 Å². The number of nitrogens with zero attached hydrogens (tertiary/aromatic N) is 2. The Labute approximate surface area is 183 Å². The van der Waals surface area contributed by atoms with E-state index in [9.17, 15) is 9.59 Å². The predicted molar refractivity (Wildman–Crippen MR) is 131 cm³/mol. The first-order valence-corrected chi connectivity index (χ1v) is 12.2. The molecular formula is C26H27N2O2P. The summed E-state index contributed by atoms with van der Waals surface area (Å²) in [6, 6.07) is 21.8. The fourth-order valence-corrected chi connectivity index (χ4v) is 7.00. The third-order valence-corrected chi connectivity index (χ3v) is 8.49. The van der Waals surface area contributed by atoms with Crippen LogP contribution in [0.5, 0.6) is 0 Å². The molecular weight excluding hydrogens is 403 g/mol.